The topological polar surface area (TPSA) is 190 Å². The molecule has 1 aromatic carbocycles. The third kappa shape index (κ3) is 4.53. The van der Waals surface area contributed by atoms with E-state index in [4.69, 9.17) is 13.9 Å². The maximum atomic E-state index is 11.3. The fraction of sp³-hybridized carbons (Fsp3) is 0.550. The Hall–Kier alpha value is -2.25. The van der Waals surface area contributed by atoms with E-state index in [1.807, 2.05) is 0 Å². The predicted octanol–water partition coefficient (Wildman–Crippen LogP) is -1.30. The van der Waals surface area contributed by atoms with Crippen LogP contribution in [0.1, 0.15) is 19.4 Å². The second kappa shape index (κ2) is 8.71. The molecule has 1 aliphatic heterocycles. The highest BCUT2D eigenvalue weighted by atomic mass is 16.7. The molecule has 3 rings (SSSR count). The van der Waals surface area contributed by atoms with E-state index in [1.54, 1.807) is 0 Å². The molecule has 7 N–H and O–H groups in total. The van der Waals surface area contributed by atoms with Crippen LogP contribution in [-0.4, -0.2) is 84.8 Å². The molecule has 1 aliphatic rings. The number of rotatable bonds is 6. The summed E-state index contributed by atoms with van der Waals surface area (Å²) in [5.41, 5.74) is -2.17. The van der Waals surface area contributed by atoms with Gasteiger partial charge in [-0.3, -0.25) is 0 Å². The van der Waals surface area contributed by atoms with E-state index >= 15 is 0 Å². The average molecular weight is 442 g/mol. The minimum absolute atomic E-state index is 0.136. The molecule has 1 aromatic heterocycles. The molecular weight excluding hydrogens is 416 g/mol. The lowest BCUT2D eigenvalue weighted by atomic mass is 9.93. The molecule has 2 aromatic rings. The first-order valence-corrected chi connectivity index (χ1v) is 9.60. The minimum Gasteiger partial charge on any atom is -0.504 e. The summed E-state index contributed by atoms with van der Waals surface area (Å²) >= 11 is 0. The number of hydrogen-bond acceptors (Lipinski definition) is 11. The molecule has 0 saturated carbocycles. The van der Waals surface area contributed by atoms with Crippen LogP contribution in [0.25, 0.3) is 11.0 Å². The molecule has 0 bridgehead atoms. The number of phenolic OH excluding ortho intramolecular Hbond substituents is 2. The standard InChI is InChI=1S/C20H26O11/c1-20(2,31-19-17(28)15(26)14(25)10(7-21)29-19)11(22)6-9-5-8-3-4-12(23)30-18(8)16(27)13(9)24/h3-5,10-11,14-15,17,19,21-22,24-28H,6-7H2,1-2H3. The SMILES string of the molecule is CC(C)(OC1OC(CO)C(O)C(O)C1O)C(O)Cc1cc2ccc(=O)oc2c(O)c1O. The van der Waals surface area contributed by atoms with Crippen molar-refractivity contribution in [3.05, 3.63) is 34.2 Å². The lowest BCUT2D eigenvalue weighted by molar-refractivity contribution is -0.331. The number of aromatic hydroxyl groups is 2. The summed E-state index contributed by atoms with van der Waals surface area (Å²) in [6.45, 7) is 2.31. The van der Waals surface area contributed by atoms with Crippen molar-refractivity contribution < 1.29 is 49.6 Å². The zero-order valence-electron chi connectivity index (χ0n) is 16.9. The minimum atomic E-state index is -1.65. The number of aliphatic hydroxyl groups is 5. The monoisotopic (exact) mass is 442 g/mol. The Morgan fingerprint density at radius 3 is 2.42 bits per heavy atom. The van der Waals surface area contributed by atoms with E-state index in [1.165, 1.54) is 26.0 Å². The summed E-state index contributed by atoms with van der Waals surface area (Å²) in [5, 5.41) is 70.7. The van der Waals surface area contributed by atoms with Gasteiger partial charge in [0.15, 0.2) is 17.6 Å². The van der Waals surface area contributed by atoms with Gasteiger partial charge in [-0.1, -0.05) is 0 Å². The van der Waals surface area contributed by atoms with Crippen LogP contribution in [0.3, 0.4) is 0 Å². The van der Waals surface area contributed by atoms with Gasteiger partial charge in [0.05, 0.1) is 18.3 Å². The molecule has 0 spiro atoms. The Bertz CT molecular complexity index is 983. The molecule has 11 nitrogen and oxygen atoms in total. The highest BCUT2D eigenvalue weighted by Crippen LogP contribution is 2.38. The number of hydrogen-bond donors (Lipinski definition) is 7. The molecule has 172 valence electrons. The van der Waals surface area contributed by atoms with Crippen LogP contribution in [0.4, 0.5) is 0 Å². The van der Waals surface area contributed by atoms with E-state index in [2.05, 4.69) is 0 Å². The van der Waals surface area contributed by atoms with Gasteiger partial charge >= 0.3 is 5.63 Å². The quantitative estimate of drug-likeness (QED) is 0.208. The number of benzene rings is 1. The van der Waals surface area contributed by atoms with Crippen LogP contribution in [-0.2, 0) is 15.9 Å². The van der Waals surface area contributed by atoms with Crippen LogP contribution in [0.2, 0.25) is 0 Å². The van der Waals surface area contributed by atoms with Gasteiger partial charge in [-0.05, 0) is 26.0 Å². The summed E-state index contributed by atoms with van der Waals surface area (Å²) < 4.78 is 15.8. The first-order chi connectivity index (χ1) is 14.5. The van der Waals surface area contributed by atoms with Gasteiger partial charge in [0.25, 0.3) is 0 Å². The van der Waals surface area contributed by atoms with Gasteiger partial charge in [-0.15, -0.1) is 0 Å². The molecule has 0 amide bonds. The van der Waals surface area contributed by atoms with Gasteiger partial charge in [-0.2, -0.15) is 0 Å². The van der Waals surface area contributed by atoms with Crippen LogP contribution in [0, 0.1) is 0 Å². The van der Waals surface area contributed by atoms with E-state index < -0.39 is 66.1 Å². The highest BCUT2D eigenvalue weighted by molar-refractivity contribution is 5.86. The molecular formula is C20H26O11. The normalized spacial score (nSPS) is 28.0. The fourth-order valence-corrected chi connectivity index (χ4v) is 3.39. The van der Waals surface area contributed by atoms with Crippen molar-refractivity contribution in [2.45, 2.75) is 62.7 Å². The number of aliphatic hydroxyl groups excluding tert-OH is 5. The van der Waals surface area contributed by atoms with E-state index in [9.17, 15) is 40.5 Å². The maximum absolute atomic E-state index is 11.3. The zero-order chi connectivity index (χ0) is 23.1. The molecule has 1 fully saturated rings. The number of fused-ring (bicyclic) bond motifs is 1. The van der Waals surface area contributed by atoms with Gasteiger partial charge in [0.1, 0.15) is 24.4 Å². The maximum Gasteiger partial charge on any atom is 0.336 e. The molecule has 2 heterocycles. The third-order valence-electron chi connectivity index (χ3n) is 5.42. The smallest absolute Gasteiger partial charge is 0.336 e. The second-order valence-corrected chi connectivity index (χ2v) is 8.04. The Kier molecular flexibility index (Phi) is 6.58. The third-order valence-corrected chi connectivity index (χ3v) is 5.42. The molecule has 6 unspecified atom stereocenters. The second-order valence-electron chi connectivity index (χ2n) is 8.04. The van der Waals surface area contributed by atoms with Crippen molar-refractivity contribution in [1.82, 2.24) is 0 Å². The molecule has 6 atom stereocenters. The molecule has 1 saturated heterocycles. The lowest BCUT2D eigenvalue weighted by Crippen LogP contribution is -2.61. The van der Waals surface area contributed by atoms with Crippen LogP contribution < -0.4 is 5.63 Å². The zero-order valence-corrected chi connectivity index (χ0v) is 16.9. The molecule has 11 heteroatoms. The summed E-state index contributed by atoms with van der Waals surface area (Å²) in [7, 11) is 0. The van der Waals surface area contributed by atoms with E-state index in [0.29, 0.717) is 5.39 Å². The van der Waals surface area contributed by atoms with Crippen molar-refractivity contribution in [1.29, 1.82) is 0 Å². The van der Waals surface area contributed by atoms with Gasteiger partial charge in [0.2, 0.25) is 5.75 Å². The fourth-order valence-electron chi connectivity index (χ4n) is 3.39. The van der Waals surface area contributed by atoms with Crippen molar-refractivity contribution in [3.8, 4) is 11.5 Å². The Labute approximate surface area is 176 Å². The van der Waals surface area contributed by atoms with Crippen LogP contribution in [0.5, 0.6) is 11.5 Å². The van der Waals surface area contributed by atoms with E-state index in [-0.39, 0.29) is 17.6 Å². The molecule has 0 aliphatic carbocycles. The van der Waals surface area contributed by atoms with Crippen molar-refractivity contribution >= 4 is 11.0 Å². The largest absolute Gasteiger partial charge is 0.504 e. The summed E-state index contributed by atoms with van der Waals surface area (Å²) in [6.07, 6.45) is -8.99. The highest BCUT2D eigenvalue weighted by Gasteiger charge is 2.46. The van der Waals surface area contributed by atoms with Crippen molar-refractivity contribution in [3.63, 3.8) is 0 Å². The molecule has 31 heavy (non-hydrogen) atoms. The number of ether oxygens (including phenoxy) is 2. The average Bonchev–Trinajstić information content (AvgIpc) is 2.72. The van der Waals surface area contributed by atoms with Gasteiger partial charge in [0, 0.05) is 23.4 Å². The summed E-state index contributed by atoms with van der Waals surface area (Å²) in [5.74, 6) is -1.23. The number of phenols is 2. The van der Waals surface area contributed by atoms with Gasteiger partial charge in [-0.25, -0.2) is 4.79 Å². The Morgan fingerprint density at radius 2 is 1.77 bits per heavy atom. The molecule has 0 radical (unpaired) electrons. The first-order valence-electron chi connectivity index (χ1n) is 9.60. The van der Waals surface area contributed by atoms with Crippen LogP contribution in [0.15, 0.2) is 27.4 Å². The lowest BCUT2D eigenvalue weighted by Gasteiger charge is -2.43. The predicted molar refractivity (Wildman–Crippen MR) is 104 cm³/mol. The van der Waals surface area contributed by atoms with Crippen LogP contribution >= 0.6 is 0 Å². The van der Waals surface area contributed by atoms with E-state index in [0.717, 1.165) is 6.07 Å². The Morgan fingerprint density at radius 1 is 1.10 bits per heavy atom. The van der Waals surface area contributed by atoms with Crippen molar-refractivity contribution in [2.75, 3.05) is 6.61 Å². The summed E-state index contributed by atoms with van der Waals surface area (Å²) in [6, 6.07) is 3.97. The van der Waals surface area contributed by atoms with Gasteiger partial charge < -0.3 is 49.6 Å². The summed E-state index contributed by atoms with van der Waals surface area (Å²) in [4.78, 5) is 11.3. The first kappa shape index (κ1) is 23.4. The Balaban J connectivity index is 1.81. The van der Waals surface area contributed by atoms with Crippen molar-refractivity contribution in [2.24, 2.45) is 0 Å².